The molecule has 1 aromatic rings. The minimum Gasteiger partial charge on any atom is -0.493 e. The van der Waals surface area contributed by atoms with Crippen molar-refractivity contribution in [2.45, 2.75) is 31.8 Å². The topological polar surface area (TPSA) is 111 Å². The van der Waals surface area contributed by atoms with Crippen LogP contribution in [0.25, 0.3) is 0 Å². The van der Waals surface area contributed by atoms with Gasteiger partial charge in [0.25, 0.3) is 5.91 Å². The molecule has 0 aliphatic carbocycles. The molecule has 1 amide bonds. The van der Waals surface area contributed by atoms with E-state index in [4.69, 9.17) is 25.8 Å². The first kappa shape index (κ1) is 23.0. The van der Waals surface area contributed by atoms with Gasteiger partial charge in [-0.05, 0) is 25.1 Å². The number of amides is 1. The van der Waals surface area contributed by atoms with Gasteiger partial charge in [-0.1, -0.05) is 25.4 Å². The molecule has 0 spiro atoms. The van der Waals surface area contributed by atoms with E-state index in [1.165, 1.54) is 29.4 Å². The predicted octanol–water partition coefficient (Wildman–Crippen LogP) is 2.13. The summed E-state index contributed by atoms with van der Waals surface area (Å²) in [5, 5.41) is 2.62. The summed E-state index contributed by atoms with van der Waals surface area (Å²) in [4.78, 5) is 24.4. The molecule has 29 heavy (non-hydrogen) atoms. The van der Waals surface area contributed by atoms with Crippen molar-refractivity contribution < 1.29 is 32.2 Å². The number of carbonyl (C=O) groups is 2. The smallest absolute Gasteiger partial charge is 0.377 e. The number of sulfonamides is 1. The molecule has 0 bridgehead atoms. The van der Waals surface area contributed by atoms with Gasteiger partial charge in [0.05, 0.1) is 15.6 Å². The Morgan fingerprint density at radius 2 is 1.97 bits per heavy atom. The molecule has 0 aromatic heterocycles. The van der Waals surface area contributed by atoms with Crippen LogP contribution in [-0.4, -0.2) is 57.0 Å². The largest absolute Gasteiger partial charge is 0.493 e. The van der Waals surface area contributed by atoms with Gasteiger partial charge >= 0.3 is 5.97 Å². The third-order valence-electron chi connectivity index (χ3n) is 4.04. The zero-order valence-corrected chi connectivity index (χ0v) is 17.9. The predicted molar refractivity (Wildman–Crippen MR) is 106 cm³/mol. The third-order valence-corrected chi connectivity index (χ3v) is 6.42. The first-order valence-corrected chi connectivity index (χ1v) is 10.8. The summed E-state index contributed by atoms with van der Waals surface area (Å²) in [6.45, 7) is 5.94. The number of anilines is 1. The molecule has 1 heterocycles. The lowest BCUT2D eigenvalue weighted by Crippen LogP contribution is -2.32. The number of halogens is 1. The Morgan fingerprint density at radius 1 is 1.28 bits per heavy atom. The second-order valence-corrected chi connectivity index (χ2v) is 8.31. The van der Waals surface area contributed by atoms with Crippen molar-refractivity contribution in [3.8, 4) is 0 Å². The normalized spacial score (nSPS) is 15.0. The monoisotopic (exact) mass is 446 g/mol. The molecule has 1 unspecified atom stereocenters. The molecule has 1 aliphatic heterocycles. The van der Waals surface area contributed by atoms with Crippen molar-refractivity contribution in [3.05, 3.63) is 35.2 Å². The van der Waals surface area contributed by atoms with Crippen LogP contribution in [0.1, 0.15) is 20.8 Å². The fourth-order valence-corrected chi connectivity index (χ4v) is 4.10. The standard InChI is InChI=1S/C18H23ClN2O7S/c1-4-21(5-2)29(24,25)13-6-7-14(19)15(10-13)20-17(22)12(3)28-18(23)16-11-26-8-9-27-16/h6-7,10-12H,4-5,8-9H2,1-3H3,(H,20,22). The van der Waals surface area contributed by atoms with Crippen molar-refractivity contribution in [2.24, 2.45) is 0 Å². The molecule has 2 rings (SSSR count). The SMILES string of the molecule is CCN(CC)S(=O)(=O)c1ccc(Cl)c(NC(=O)C(C)OC(=O)C2=COCCO2)c1. The van der Waals surface area contributed by atoms with Gasteiger partial charge in [0.2, 0.25) is 15.8 Å². The Hall–Kier alpha value is -2.30. The van der Waals surface area contributed by atoms with Crippen LogP contribution in [-0.2, 0) is 33.8 Å². The number of rotatable bonds is 8. The highest BCUT2D eigenvalue weighted by molar-refractivity contribution is 7.89. The van der Waals surface area contributed by atoms with Gasteiger partial charge < -0.3 is 19.5 Å². The highest BCUT2D eigenvalue weighted by atomic mass is 35.5. The summed E-state index contributed by atoms with van der Waals surface area (Å²) in [6, 6.07) is 4.01. The van der Waals surface area contributed by atoms with Crippen LogP contribution in [0, 0.1) is 0 Å². The number of hydrogen-bond donors (Lipinski definition) is 1. The molecule has 0 saturated carbocycles. The van der Waals surface area contributed by atoms with E-state index >= 15 is 0 Å². The highest BCUT2D eigenvalue weighted by Gasteiger charge is 2.26. The van der Waals surface area contributed by atoms with E-state index in [0.717, 1.165) is 6.26 Å². The van der Waals surface area contributed by atoms with Gasteiger partial charge in [-0.15, -0.1) is 0 Å². The van der Waals surface area contributed by atoms with Crippen LogP contribution in [0.2, 0.25) is 5.02 Å². The summed E-state index contributed by atoms with van der Waals surface area (Å²) < 4.78 is 41.7. The molecule has 1 atom stereocenters. The van der Waals surface area contributed by atoms with Crippen LogP contribution in [0.4, 0.5) is 5.69 Å². The minimum atomic E-state index is -3.73. The van der Waals surface area contributed by atoms with E-state index in [-0.39, 0.29) is 28.0 Å². The van der Waals surface area contributed by atoms with Crippen molar-refractivity contribution in [2.75, 3.05) is 31.6 Å². The molecule has 0 radical (unpaired) electrons. The molecule has 9 nitrogen and oxygen atoms in total. The number of ether oxygens (including phenoxy) is 3. The van der Waals surface area contributed by atoms with Gasteiger partial charge in [0.1, 0.15) is 19.5 Å². The average Bonchev–Trinajstić information content (AvgIpc) is 2.70. The van der Waals surface area contributed by atoms with Crippen molar-refractivity contribution in [1.82, 2.24) is 4.31 Å². The molecule has 1 aromatic carbocycles. The van der Waals surface area contributed by atoms with Crippen molar-refractivity contribution >= 4 is 39.2 Å². The van der Waals surface area contributed by atoms with E-state index in [0.29, 0.717) is 19.7 Å². The fourth-order valence-electron chi connectivity index (χ4n) is 2.46. The maximum atomic E-state index is 12.7. The van der Waals surface area contributed by atoms with Gasteiger partial charge in [-0.2, -0.15) is 4.31 Å². The number of carbonyl (C=O) groups excluding carboxylic acids is 2. The molecular weight excluding hydrogens is 424 g/mol. The van der Waals surface area contributed by atoms with Crippen molar-refractivity contribution in [1.29, 1.82) is 0 Å². The van der Waals surface area contributed by atoms with E-state index in [1.54, 1.807) is 13.8 Å². The van der Waals surface area contributed by atoms with Gasteiger partial charge in [-0.25, -0.2) is 13.2 Å². The summed E-state index contributed by atoms with van der Waals surface area (Å²) in [5.41, 5.74) is 0.0873. The minimum absolute atomic E-state index is 0.0107. The molecule has 0 fully saturated rings. The second kappa shape index (κ2) is 9.95. The Bertz CT molecular complexity index is 897. The van der Waals surface area contributed by atoms with Crippen molar-refractivity contribution in [3.63, 3.8) is 0 Å². The van der Waals surface area contributed by atoms with E-state index < -0.39 is 28.0 Å². The van der Waals surface area contributed by atoms with Gasteiger partial charge in [0.15, 0.2) is 6.10 Å². The maximum Gasteiger partial charge on any atom is 0.377 e. The zero-order chi connectivity index (χ0) is 21.6. The van der Waals surface area contributed by atoms with Crippen LogP contribution < -0.4 is 5.32 Å². The number of nitrogens with zero attached hydrogens (tertiary/aromatic N) is 1. The Labute approximate surface area is 174 Å². The Morgan fingerprint density at radius 3 is 2.55 bits per heavy atom. The first-order chi connectivity index (χ1) is 13.7. The number of esters is 1. The lowest BCUT2D eigenvalue weighted by molar-refractivity contribution is -0.153. The highest BCUT2D eigenvalue weighted by Crippen LogP contribution is 2.27. The molecule has 1 aliphatic rings. The van der Waals surface area contributed by atoms with Gasteiger partial charge in [0, 0.05) is 13.1 Å². The quantitative estimate of drug-likeness (QED) is 0.609. The molecular formula is C18H23ClN2O7S. The maximum absolute atomic E-state index is 12.7. The fraction of sp³-hybridized carbons (Fsp3) is 0.444. The summed E-state index contributed by atoms with van der Waals surface area (Å²) >= 11 is 6.09. The molecule has 1 N–H and O–H groups in total. The molecule has 0 saturated heterocycles. The first-order valence-electron chi connectivity index (χ1n) is 8.96. The average molecular weight is 447 g/mol. The summed E-state index contributed by atoms with van der Waals surface area (Å²) in [7, 11) is -3.73. The molecule has 160 valence electrons. The Kier molecular flexibility index (Phi) is 7.88. The number of nitrogens with one attached hydrogen (secondary N) is 1. The van der Waals surface area contributed by atoms with E-state index in [2.05, 4.69) is 5.32 Å². The van der Waals surface area contributed by atoms with Crippen LogP contribution >= 0.6 is 11.6 Å². The van der Waals surface area contributed by atoms with Crippen LogP contribution in [0.3, 0.4) is 0 Å². The van der Waals surface area contributed by atoms with Crippen LogP contribution in [0.15, 0.2) is 35.1 Å². The second-order valence-electron chi connectivity index (χ2n) is 5.97. The summed E-state index contributed by atoms with van der Waals surface area (Å²) in [5.74, 6) is -1.67. The number of benzene rings is 1. The number of hydrogen-bond acceptors (Lipinski definition) is 7. The van der Waals surface area contributed by atoms with E-state index in [9.17, 15) is 18.0 Å². The van der Waals surface area contributed by atoms with Crippen LogP contribution in [0.5, 0.6) is 0 Å². The lowest BCUT2D eigenvalue weighted by atomic mass is 10.3. The molecule has 11 heteroatoms. The van der Waals surface area contributed by atoms with E-state index in [1.807, 2.05) is 0 Å². The Balaban J connectivity index is 2.13. The lowest BCUT2D eigenvalue weighted by Gasteiger charge is -2.20. The van der Waals surface area contributed by atoms with Gasteiger partial charge in [-0.3, -0.25) is 4.79 Å². The summed E-state index contributed by atoms with van der Waals surface area (Å²) in [6.07, 6.45) is -0.0671. The third kappa shape index (κ3) is 5.62. The zero-order valence-electron chi connectivity index (χ0n) is 16.3.